The molecular weight excluding hydrogens is 407 g/mol. The molecule has 0 spiro atoms. The molecule has 1 aliphatic rings. The molecule has 0 saturated carbocycles. The first kappa shape index (κ1) is 21.7. The second-order valence-electron chi connectivity index (χ2n) is 8.21. The predicted octanol–water partition coefficient (Wildman–Crippen LogP) is 5.46. The molecule has 6 nitrogen and oxygen atoms in total. The molecular formula is C25H29FN4O2. The molecule has 2 atom stereocenters. The van der Waals surface area contributed by atoms with E-state index in [1.54, 1.807) is 19.3 Å². The van der Waals surface area contributed by atoms with E-state index in [9.17, 15) is 4.39 Å². The van der Waals surface area contributed by atoms with Crippen molar-refractivity contribution in [3.63, 3.8) is 0 Å². The molecule has 7 heteroatoms. The third-order valence-corrected chi connectivity index (χ3v) is 5.51. The minimum absolute atomic E-state index is 0.0210. The van der Waals surface area contributed by atoms with Gasteiger partial charge in [0.2, 0.25) is 0 Å². The van der Waals surface area contributed by atoms with Crippen LogP contribution in [-0.2, 0) is 4.74 Å². The number of aromatic nitrogens is 2. The van der Waals surface area contributed by atoms with Crippen molar-refractivity contribution in [2.24, 2.45) is 5.92 Å². The molecule has 0 bridgehead atoms. The number of ether oxygens (including phenoxy) is 2. The minimum atomic E-state index is -0.980. The average molecular weight is 437 g/mol. The number of hydrogen-bond donors (Lipinski definition) is 3. The zero-order valence-corrected chi connectivity index (χ0v) is 18.6. The van der Waals surface area contributed by atoms with Gasteiger partial charge in [-0.05, 0) is 73.9 Å². The van der Waals surface area contributed by atoms with Crippen LogP contribution < -0.4 is 15.8 Å². The van der Waals surface area contributed by atoms with Crippen molar-refractivity contribution in [2.75, 3.05) is 24.7 Å². The van der Waals surface area contributed by atoms with E-state index in [1.807, 2.05) is 56.3 Å². The summed E-state index contributed by atoms with van der Waals surface area (Å²) in [6.07, 6.45) is 4.80. The molecule has 0 radical (unpaired) electrons. The van der Waals surface area contributed by atoms with Gasteiger partial charge in [0.25, 0.3) is 0 Å². The van der Waals surface area contributed by atoms with Crippen molar-refractivity contribution in [1.82, 2.24) is 10.2 Å². The molecule has 0 fully saturated rings. The number of nitrogen functional groups attached to an aromatic ring is 1. The first-order valence-corrected chi connectivity index (χ1v) is 10.8. The van der Waals surface area contributed by atoms with E-state index < -0.39 is 6.17 Å². The number of halogens is 1. The van der Waals surface area contributed by atoms with Gasteiger partial charge in [-0.2, -0.15) is 5.10 Å². The molecule has 0 aliphatic heterocycles. The Labute approximate surface area is 187 Å². The van der Waals surface area contributed by atoms with Gasteiger partial charge >= 0.3 is 0 Å². The smallest absolute Gasteiger partial charge is 0.156 e. The molecule has 0 saturated heterocycles. The molecule has 3 aromatic rings. The maximum atomic E-state index is 14.1. The van der Waals surface area contributed by atoms with E-state index in [1.165, 1.54) is 0 Å². The Morgan fingerprint density at radius 2 is 1.97 bits per heavy atom. The highest BCUT2D eigenvalue weighted by Gasteiger charge is 2.20. The third kappa shape index (κ3) is 4.72. The number of aromatic amines is 1. The number of nitrogens with two attached hydrogens (primary N) is 1. The summed E-state index contributed by atoms with van der Waals surface area (Å²) in [5.74, 6) is 1.67. The second kappa shape index (κ2) is 9.34. The van der Waals surface area contributed by atoms with E-state index >= 15 is 0 Å². The fourth-order valence-electron chi connectivity index (χ4n) is 3.89. The van der Waals surface area contributed by atoms with Gasteiger partial charge in [-0.1, -0.05) is 12.1 Å². The van der Waals surface area contributed by atoms with Crippen molar-refractivity contribution in [2.45, 2.75) is 32.5 Å². The summed E-state index contributed by atoms with van der Waals surface area (Å²) in [4.78, 5) is 0. The molecule has 1 heterocycles. The number of nitrogens with zero attached hydrogens (tertiary/aromatic N) is 1. The van der Waals surface area contributed by atoms with Crippen molar-refractivity contribution in [1.29, 1.82) is 0 Å². The fraction of sp³-hybridized carbons (Fsp3) is 0.320. The van der Waals surface area contributed by atoms with Crippen LogP contribution in [0.15, 0.2) is 60.4 Å². The molecule has 1 aromatic heterocycles. The summed E-state index contributed by atoms with van der Waals surface area (Å²) >= 11 is 0. The van der Waals surface area contributed by atoms with Crippen LogP contribution >= 0.6 is 0 Å². The summed E-state index contributed by atoms with van der Waals surface area (Å²) < 4.78 is 25.3. The number of rotatable bonds is 8. The number of alkyl halides is 1. The largest absolute Gasteiger partial charge is 0.497 e. The number of nitrogens with one attached hydrogen (secondary N) is 2. The van der Waals surface area contributed by atoms with Crippen molar-refractivity contribution >= 4 is 22.4 Å². The maximum Gasteiger partial charge on any atom is 0.156 e. The monoisotopic (exact) mass is 436 g/mol. The van der Waals surface area contributed by atoms with Gasteiger partial charge in [0.15, 0.2) is 5.82 Å². The third-order valence-electron chi connectivity index (χ3n) is 5.51. The van der Waals surface area contributed by atoms with Gasteiger partial charge in [-0.15, -0.1) is 0 Å². The van der Waals surface area contributed by atoms with Crippen LogP contribution in [0, 0.1) is 5.92 Å². The minimum Gasteiger partial charge on any atom is -0.497 e. The Morgan fingerprint density at radius 3 is 2.69 bits per heavy atom. The van der Waals surface area contributed by atoms with Gasteiger partial charge < -0.3 is 20.5 Å². The summed E-state index contributed by atoms with van der Waals surface area (Å²) in [5, 5.41) is 11.3. The number of hydrogen-bond acceptors (Lipinski definition) is 5. The number of benzene rings is 2. The molecule has 4 rings (SSSR count). The Hall–Kier alpha value is -3.48. The predicted molar refractivity (Wildman–Crippen MR) is 127 cm³/mol. The summed E-state index contributed by atoms with van der Waals surface area (Å²) in [6, 6.07) is 12.2. The van der Waals surface area contributed by atoms with Crippen LogP contribution in [0.5, 0.6) is 5.75 Å². The summed E-state index contributed by atoms with van der Waals surface area (Å²) in [6.45, 7) is 4.63. The Kier molecular flexibility index (Phi) is 6.35. The molecule has 32 heavy (non-hydrogen) atoms. The zero-order valence-electron chi connectivity index (χ0n) is 18.6. The number of H-pyrrole nitrogens is 1. The number of allylic oxidation sites excluding steroid dienone is 3. The van der Waals surface area contributed by atoms with Gasteiger partial charge in [0.05, 0.1) is 24.1 Å². The first-order valence-electron chi connectivity index (χ1n) is 10.8. The average Bonchev–Trinajstić information content (AvgIpc) is 3.16. The molecule has 4 N–H and O–H groups in total. The summed E-state index contributed by atoms with van der Waals surface area (Å²) in [7, 11) is 1.60. The number of fused-ring (bicyclic) bond motifs is 1. The lowest BCUT2D eigenvalue weighted by Gasteiger charge is -2.20. The Bertz CT molecular complexity index is 1130. The van der Waals surface area contributed by atoms with Crippen LogP contribution in [0.1, 0.15) is 20.3 Å². The summed E-state index contributed by atoms with van der Waals surface area (Å²) in [5.41, 5.74) is 9.90. The standard InChI is InChI=1S/C25H29FN4O2/c1-15(2)32-23-14-18(13-22-24(23)25(27)30-29-22)16-4-6-19(7-5-16)28-11-10-17-12-20(31-3)8-9-21(17)26/h4-9,12-15,17,21,28H,10-11H2,1-3H3,(H3,27,29,30). The van der Waals surface area contributed by atoms with Crippen LogP contribution in [0.3, 0.4) is 0 Å². The maximum absolute atomic E-state index is 14.1. The topological polar surface area (TPSA) is 85.2 Å². The molecule has 168 valence electrons. The lowest BCUT2D eigenvalue weighted by atomic mass is 9.94. The Morgan fingerprint density at radius 1 is 1.19 bits per heavy atom. The van der Waals surface area contributed by atoms with E-state index in [0.29, 0.717) is 30.3 Å². The molecule has 2 aromatic carbocycles. The fourth-order valence-corrected chi connectivity index (χ4v) is 3.89. The van der Waals surface area contributed by atoms with Gasteiger partial charge in [0.1, 0.15) is 17.7 Å². The van der Waals surface area contributed by atoms with Crippen LogP contribution in [0.4, 0.5) is 15.9 Å². The first-order chi connectivity index (χ1) is 15.4. The van der Waals surface area contributed by atoms with Gasteiger partial charge in [-0.3, -0.25) is 5.10 Å². The second-order valence-corrected chi connectivity index (χ2v) is 8.21. The number of methoxy groups -OCH3 is 1. The molecule has 2 unspecified atom stereocenters. The van der Waals surface area contributed by atoms with Crippen molar-refractivity contribution in [3.8, 4) is 16.9 Å². The van der Waals surface area contributed by atoms with Crippen molar-refractivity contribution < 1.29 is 13.9 Å². The van der Waals surface area contributed by atoms with E-state index in [0.717, 1.165) is 27.7 Å². The lowest BCUT2D eigenvalue weighted by Crippen LogP contribution is -2.19. The molecule has 1 aliphatic carbocycles. The van der Waals surface area contributed by atoms with Crippen molar-refractivity contribution in [3.05, 3.63) is 60.4 Å². The van der Waals surface area contributed by atoms with Crippen LogP contribution in [0.25, 0.3) is 22.0 Å². The van der Waals surface area contributed by atoms with E-state index in [4.69, 9.17) is 15.2 Å². The zero-order chi connectivity index (χ0) is 22.7. The highest BCUT2D eigenvalue weighted by molar-refractivity contribution is 5.97. The van der Waals surface area contributed by atoms with E-state index in [2.05, 4.69) is 15.5 Å². The van der Waals surface area contributed by atoms with Crippen LogP contribution in [0.2, 0.25) is 0 Å². The molecule has 0 amide bonds. The lowest BCUT2D eigenvalue weighted by molar-refractivity contribution is 0.245. The van der Waals surface area contributed by atoms with Gasteiger partial charge in [-0.25, -0.2) is 4.39 Å². The van der Waals surface area contributed by atoms with Gasteiger partial charge in [0, 0.05) is 18.2 Å². The normalized spacial score (nSPS) is 18.1. The highest BCUT2D eigenvalue weighted by Crippen LogP contribution is 2.35. The number of anilines is 2. The van der Waals surface area contributed by atoms with Crippen LogP contribution in [-0.4, -0.2) is 36.1 Å². The highest BCUT2D eigenvalue weighted by atomic mass is 19.1. The Balaban J connectivity index is 1.45. The van der Waals surface area contributed by atoms with E-state index in [-0.39, 0.29) is 12.0 Å². The quantitative estimate of drug-likeness (QED) is 0.437. The SMILES string of the molecule is COC1=CC(CCNc2ccc(-c3cc(OC(C)C)c4c(N)n[nH]c4c3)cc2)C(F)C=C1.